The number of hydrogen-bond donors (Lipinski definition) is 0. The predicted molar refractivity (Wildman–Crippen MR) is 400 cm³/mol. The van der Waals surface area contributed by atoms with E-state index in [1.807, 2.05) is 98.5 Å². The molecule has 0 radical (unpaired) electrons. The molecular weight excluding hydrogens is 1150 g/mol. The van der Waals surface area contributed by atoms with Crippen molar-refractivity contribution >= 4 is 101 Å². The van der Waals surface area contributed by atoms with Crippen LogP contribution in [-0.4, -0.2) is 15.8 Å². The summed E-state index contributed by atoms with van der Waals surface area (Å²) >= 11 is 0. The number of rotatable bonds is 9. The fraction of sp³-hybridized carbons (Fsp3) is 0.0449. The van der Waals surface area contributed by atoms with E-state index in [2.05, 4.69) is 6.07 Å². The van der Waals surface area contributed by atoms with Crippen LogP contribution in [0.15, 0.2) is 321 Å². The summed E-state index contributed by atoms with van der Waals surface area (Å²) in [4.78, 5) is 3.47. The first-order valence-electron chi connectivity index (χ1n) is 45.4. The maximum absolute atomic E-state index is 12.2. The van der Waals surface area contributed by atoms with Gasteiger partial charge >= 0.3 is 0 Å². The summed E-state index contributed by atoms with van der Waals surface area (Å²) < 4.78 is 284. The number of anilines is 6. The molecule has 4 heterocycles. The fourth-order valence-corrected chi connectivity index (χ4v) is 13.6. The molecule has 14 aromatic carbocycles. The van der Waals surface area contributed by atoms with E-state index in [1.54, 1.807) is 41.3 Å². The average Bonchev–Trinajstić information content (AvgIpc) is 1.65. The molecule has 0 unspecified atom stereocenters. The van der Waals surface area contributed by atoms with Gasteiger partial charge in [0, 0.05) is 61.1 Å². The van der Waals surface area contributed by atoms with Crippen molar-refractivity contribution in [1.82, 2.24) is 9.13 Å². The van der Waals surface area contributed by atoms with Crippen molar-refractivity contribution in [2.24, 2.45) is 0 Å². The lowest BCUT2D eigenvalue weighted by atomic mass is 9.33. The van der Waals surface area contributed by atoms with E-state index in [9.17, 15) is 32.7 Å². The normalized spacial score (nSPS) is 16.9. The number of hydrogen-bond acceptors (Lipinski definition) is 3. The lowest BCUT2D eigenvalue weighted by molar-refractivity contribution is 0.591. The molecule has 0 spiro atoms. The van der Waals surface area contributed by atoms with Crippen LogP contribution in [0.2, 0.25) is 0 Å². The lowest BCUT2D eigenvalue weighted by Crippen LogP contribution is -2.61. The Kier molecular flexibility index (Phi) is 7.63. The maximum atomic E-state index is 12.2. The van der Waals surface area contributed by atoms with Crippen molar-refractivity contribution < 1.29 is 41.1 Å². The quantitative estimate of drug-likeness (QED) is 0.135. The second kappa shape index (κ2) is 22.0. The second-order valence-electron chi connectivity index (χ2n) is 24.1. The molecule has 0 saturated heterocycles. The molecule has 446 valence electrons. The van der Waals surface area contributed by atoms with Crippen LogP contribution in [0.1, 0.15) is 73.0 Å². The third-order valence-electron chi connectivity index (χ3n) is 17.8. The summed E-state index contributed by atoms with van der Waals surface area (Å²) in [5, 5.41) is 10.7. The molecule has 0 N–H and O–H groups in total. The van der Waals surface area contributed by atoms with E-state index >= 15 is 0 Å². The van der Waals surface area contributed by atoms with Gasteiger partial charge in [-0.3, -0.25) is 0 Å². The average molecular weight is 1240 g/mol. The SMILES string of the molecule is [2H]c1c([2H])c([2H])c(-c2ccc3c(c2)N(c2cc(-n4c5c([2H])c([2H])c([2H])c([2H])c5c5c([2H])c([2H])c(-c6c([2H])c([2H])c([2H])c([2H])c6[2H])c([2H])c54)ccc2C#N)c2cc(-n4c5c([2H])c([2H])c([2H])c([2H])c5c5c([2H])c([2H])c([2H])c([2H])c54)cc4c2B3c2ccc(-c3c([2H])c([2H])c([2H])c([2H])c3[2H])cc2N4c2c(-c3ccccc3)cc(C(C)(C)C)cc2-c2ccccc2)c([2H])c1[2H]. The molecule has 0 fully saturated rings. The topological polar surface area (TPSA) is 40.1 Å². The van der Waals surface area contributed by atoms with Crippen LogP contribution in [0.3, 0.4) is 0 Å². The van der Waals surface area contributed by atoms with Gasteiger partial charge in [0.15, 0.2) is 0 Å². The first-order chi connectivity index (χ1) is 59.2. The van der Waals surface area contributed by atoms with Crippen LogP contribution in [0.4, 0.5) is 34.1 Å². The van der Waals surface area contributed by atoms with Gasteiger partial charge in [-0.15, -0.1) is 0 Å². The number of nitrogens with zero attached hydrogens (tertiary/aromatic N) is 5. The number of benzene rings is 14. The number of para-hydroxylation sites is 3. The smallest absolute Gasteiger partial charge is 0.252 e. The summed E-state index contributed by atoms with van der Waals surface area (Å²) in [7, 11) is 0. The predicted octanol–water partition coefficient (Wildman–Crippen LogP) is 21.5. The summed E-state index contributed by atoms with van der Waals surface area (Å²) in [6.07, 6.45) is 0. The summed E-state index contributed by atoms with van der Waals surface area (Å²) in [6.45, 7) is 4.93. The summed E-state index contributed by atoms with van der Waals surface area (Å²) in [5.74, 6) is 0. The Balaban J connectivity index is 1.09. The molecule has 2 aliphatic rings. The summed E-state index contributed by atoms with van der Waals surface area (Å²) in [5.41, 5.74) is 0.274. The van der Waals surface area contributed by atoms with Crippen LogP contribution in [0, 0.1) is 11.3 Å². The number of nitriles is 1. The van der Waals surface area contributed by atoms with Crippen molar-refractivity contribution in [3.8, 4) is 73.1 Å². The molecule has 2 aromatic heterocycles. The molecule has 16 aromatic rings. The Morgan fingerprint density at radius 1 is 0.358 bits per heavy atom. The first kappa shape index (κ1) is 32.9. The largest absolute Gasteiger partial charge is 0.310 e. The van der Waals surface area contributed by atoms with Gasteiger partial charge in [-0.2, -0.15) is 5.26 Å². The van der Waals surface area contributed by atoms with Gasteiger partial charge < -0.3 is 18.9 Å². The summed E-state index contributed by atoms with van der Waals surface area (Å²) in [6, 6.07) is 19.6. The zero-order valence-electron chi connectivity index (χ0n) is 80.6. The molecule has 95 heavy (non-hydrogen) atoms. The molecular formula is C89H62BN5. The standard InChI is InChI=1S/C89H62BN5/c1-89(2,3)67-52-74(61-31-15-7-16-32-61)88(75(53-67)62-33-17-8-18-34-62)95-84-51-65(60-29-13-6-14-30-60)44-48-77(84)90-76-47-43-64(59-27-11-5-12-28-59)50-83(76)94(85-55-69(56-86(95)87(85)90)93-79-39-23-19-35-70(79)71-36-20-24-40-80(71)93)81-54-68(45-41-66(81)57-91)92-78-38-22-21-37-72(78)73-46-42-63(49-82(73)92)58-25-9-4-10-26-58/h4-56H,1-3H3/i4D,5D,6D,9D,10D,11D,12D,13D,14D,19D,20D,21D,22D,23D,24D,25D,26D,27D,28D,29D,30D,35D,36D,37D,38D,39D,40D,42D,46D,49D. The molecule has 0 aliphatic carbocycles. The number of aromatic nitrogens is 2. The highest BCUT2D eigenvalue weighted by Gasteiger charge is 2.46. The van der Waals surface area contributed by atoms with Gasteiger partial charge in [0.25, 0.3) is 6.71 Å². The third kappa shape index (κ3) is 8.99. The van der Waals surface area contributed by atoms with E-state index in [4.69, 9.17) is 13.7 Å². The van der Waals surface area contributed by atoms with Crippen LogP contribution in [0.25, 0.3) is 111 Å². The number of fused-ring (bicyclic) bond motifs is 10. The van der Waals surface area contributed by atoms with Gasteiger partial charge in [-0.05, 0) is 151 Å². The van der Waals surface area contributed by atoms with Crippen LogP contribution >= 0.6 is 0 Å². The van der Waals surface area contributed by atoms with Crippen molar-refractivity contribution in [3.05, 3.63) is 332 Å². The van der Waals surface area contributed by atoms with Gasteiger partial charge in [-0.25, -0.2) is 0 Å². The van der Waals surface area contributed by atoms with E-state index in [0.717, 1.165) is 5.56 Å². The Hall–Kier alpha value is -12.2. The minimum absolute atomic E-state index is 0.00111. The zero-order chi connectivity index (χ0) is 89.6. The molecule has 18 rings (SSSR count). The van der Waals surface area contributed by atoms with Gasteiger partial charge in [0.05, 0.1) is 85.8 Å². The second-order valence-corrected chi connectivity index (χ2v) is 24.1. The highest BCUT2D eigenvalue weighted by atomic mass is 15.2. The Labute approximate surface area is 595 Å². The van der Waals surface area contributed by atoms with E-state index in [1.165, 1.54) is 39.5 Å². The minimum Gasteiger partial charge on any atom is -0.310 e. The minimum atomic E-state index is -1.20. The molecule has 5 nitrogen and oxygen atoms in total. The van der Waals surface area contributed by atoms with Crippen LogP contribution in [0.5, 0.6) is 0 Å². The highest BCUT2D eigenvalue weighted by molar-refractivity contribution is 7.00. The fourth-order valence-electron chi connectivity index (χ4n) is 13.6. The Bertz CT molecular complexity index is 7460. The van der Waals surface area contributed by atoms with Crippen LogP contribution in [-0.2, 0) is 5.41 Å². The van der Waals surface area contributed by atoms with Crippen molar-refractivity contribution in [2.75, 3.05) is 9.80 Å². The molecule has 0 atom stereocenters. The van der Waals surface area contributed by atoms with Gasteiger partial charge in [-0.1, -0.05) is 263 Å². The Morgan fingerprint density at radius 2 is 0.800 bits per heavy atom. The van der Waals surface area contributed by atoms with E-state index < -0.39 is 226 Å². The highest BCUT2D eigenvalue weighted by Crippen LogP contribution is 2.54. The van der Waals surface area contributed by atoms with Crippen LogP contribution < -0.4 is 26.2 Å². The molecule has 6 heteroatoms. The third-order valence-corrected chi connectivity index (χ3v) is 17.8. The van der Waals surface area contributed by atoms with E-state index in [0.29, 0.717) is 44.3 Å². The Morgan fingerprint density at radius 3 is 1.31 bits per heavy atom. The molecule has 0 saturated carbocycles. The molecule has 0 bridgehead atoms. The van der Waals surface area contributed by atoms with Gasteiger partial charge in [0.2, 0.25) is 0 Å². The molecule has 0 amide bonds. The van der Waals surface area contributed by atoms with Crippen molar-refractivity contribution in [2.45, 2.75) is 26.2 Å². The van der Waals surface area contributed by atoms with Crippen molar-refractivity contribution in [3.63, 3.8) is 0 Å². The van der Waals surface area contributed by atoms with E-state index in [-0.39, 0.29) is 89.4 Å². The monoisotopic (exact) mass is 1240 g/mol. The maximum Gasteiger partial charge on any atom is 0.252 e. The van der Waals surface area contributed by atoms with Crippen molar-refractivity contribution in [1.29, 1.82) is 5.26 Å². The first-order valence-corrected chi connectivity index (χ1v) is 30.4. The molecule has 2 aliphatic heterocycles. The zero-order valence-corrected chi connectivity index (χ0v) is 50.6. The van der Waals surface area contributed by atoms with Gasteiger partial charge in [0.1, 0.15) is 6.07 Å². The lowest BCUT2D eigenvalue weighted by Gasteiger charge is -2.45.